The summed E-state index contributed by atoms with van der Waals surface area (Å²) >= 11 is 7.70. The van der Waals surface area contributed by atoms with Gasteiger partial charge in [0.25, 0.3) is 0 Å². The van der Waals surface area contributed by atoms with E-state index in [0.717, 1.165) is 10.4 Å². The number of ether oxygens (including phenoxy) is 2. The summed E-state index contributed by atoms with van der Waals surface area (Å²) < 4.78 is 10.4. The predicted octanol–water partition coefficient (Wildman–Crippen LogP) is 3.71. The molecule has 5 nitrogen and oxygen atoms in total. The quantitative estimate of drug-likeness (QED) is 0.825. The number of carbonyl (C=O) groups is 1. The molecular formula is C17H13ClN2O3S. The molecule has 0 amide bonds. The molecule has 24 heavy (non-hydrogen) atoms. The fraction of sp³-hybridized carbons (Fsp3) is 0.176. The van der Waals surface area contributed by atoms with Crippen LogP contribution in [0.15, 0.2) is 35.7 Å². The minimum Gasteiger partial charge on any atom is -0.465 e. The average molecular weight is 361 g/mol. The Labute approximate surface area is 147 Å². The standard InChI is InChI=1S/C17H13ClN2O3S/c1-8-12(17(21)22-2)14-15(24-8)13(10(7-19)16(20)23-14)9-5-3-4-6-11(9)18/h3-6,13H,20H2,1-2H3. The molecule has 0 saturated heterocycles. The van der Waals surface area contributed by atoms with Crippen molar-refractivity contribution < 1.29 is 14.3 Å². The van der Waals surface area contributed by atoms with Crippen LogP contribution in [0.2, 0.25) is 5.02 Å². The number of nitrogens with two attached hydrogens (primary N) is 1. The van der Waals surface area contributed by atoms with Gasteiger partial charge in [0.1, 0.15) is 17.2 Å². The summed E-state index contributed by atoms with van der Waals surface area (Å²) in [7, 11) is 1.31. The van der Waals surface area contributed by atoms with Crippen molar-refractivity contribution in [2.24, 2.45) is 5.73 Å². The molecule has 2 heterocycles. The Balaban J connectivity index is 2.29. The molecule has 0 bridgehead atoms. The van der Waals surface area contributed by atoms with Gasteiger partial charge in [-0.2, -0.15) is 5.26 Å². The zero-order valence-electron chi connectivity index (χ0n) is 12.9. The van der Waals surface area contributed by atoms with Crippen LogP contribution >= 0.6 is 22.9 Å². The molecule has 1 aliphatic heterocycles. The van der Waals surface area contributed by atoms with E-state index >= 15 is 0 Å². The van der Waals surface area contributed by atoms with Gasteiger partial charge in [0.15, 0.2) is 5.75 Å². The Kier molecular flexibility index (Phi) is 4.22. The first-order chi connectivity index (χ1) is 11.5. The molecule has 1 aromatic carbocycles. The highest BCUT2D eigenvalue weighted by molar-refractivity contribution is 7.12. The van der Waals surface area contributed by atoms with Gasteiger partial charge in [-0.3, -0.25) is 0 Å². The molecule has 1 aromatic heterocycles. The first-order valence-electron chi connectivity index (χ1n) is 7.03. The number of methoxy groups -OCH3 is 1. The largest absolute Gasteiger partial charge is 0.465 e. The Hall–Kier alpha value is -2.49. The fourth-order valence-electron chi connectivity index (χ4n) is 2.74. The van der Waals surface area contributed by atoms with Crippen molar-refractivity contribution in [1.29, 1.82) is 5.26 Å². The lowest BCUT2D eigenvalue weighted by Crippen LogP contribution is -2.21. The van der Waals surface area contributed by atoms with E-state index in [-0.39, 0.29) is 11.5 Å². The third kappa shape index (κ3) is 2.42. The summed E-state index contributed by atoms with van der Waals surface area (Å²) in [6, 6.07) is 9.33. The maximum atomic E-state index is 12.1. The van der Waals surface area contributed by atoms with Gasteiger partial charge in [-0.05, 0) is 18.6 Å². The highest BCUT2D eigenvalue weighted by atomic mass is 35.5. The van der Waals surface area contributed by atoms with Crippen LogP contribution in [0.1, 0.15) is 31.6 Å². The van der Waals surface area contributed by atoms with Crippen LogP contribution in [0.4, 0.5) is 0 Å². The lowest BCUT2D eigenvalue weighted by atomic mass is 9.88. The maximum Gasteiger partial charge on any atom is 0.342 e. The van der Waals surface area contributed by atoms with Gasteiger partial charge in [-0.1, -0.05) is 29.8 Å². The highest BCUT2D eigenvalue weighted by Crippen LogP contribution is 2.50. The molecular weight excluding hydrogens is 348 g/mol. The third-order valence-electron chi connectivity index (χ3n) is 3.82. The number of thiophene rings is 1. The molecule has 0 saturated carbocycles. The topological polar surface area (TPSA) is 85.3 Å². The molecule has 0 radical (unpaired) electrons. The van der Waals surface area contributed by atoms with Crippen molar-refractivity contribution in [3.63, 3.8) is 0 Å². The molecule has 2 N–H and O–H groups in total. The summed E-state index contributed by atoms with van der Waals surface area (Å²) in [6.07, 6.45) is 0. The smallest absolute Gasteiger partial charge is 0.342 e. The number of esters is 1. The number of allylic oxidation sites excluding steroid dienone is 1. The van der Waals surface area contributed by atoms with E-state index in [4.69, 9.17) is 26.8 Å². The van der Waals surface area contributed by atoms with Crippen molar-refractivity contribution in [3.8, 4) is 11.8 Å². The lowest BCUT2D eigenvalue weighted by molar-refractivity contribution is 0.0597. The van der Waals surface area contributed by atoms with Gasteiger partial charge in [0, 0.05) is 9.90 Å². The van der Waals surface area contributed by atoms with Crippen molar-refractivity contribution in [1.82, 2.24) is 0 Å². The zero-order valence-corrected chi connectivity index (χ0v) is 14.5. The van der Waals surface area contributed by atoms with Crippen LogP contribution in [-0.2, 0) is 4.74 Å². The van der Waals surface area contributed by atoms with E-state index in [0.29, 0.717) is 21.2 Å². The third-order valence-corrected chi connectivity index (χ3v) is 5.32. The minimum absolute atomic E-state index is 0.0297. The Morgan fingerprint density at radius 2 is 2.17 bits per heavy atom. The molecule has 1 unspecified atom stereocenters. The van der Waals surface area contributed by atoms with Gasteiger partial charge >= 0.3 is 5.97 Å². The number of nitrogens with zero attached hydrogens (tertiary/aromatic N) is 1. The molecule has 0 fully saturated rings. The highest BCUT2D eigenvalue weighted by Gasteiger charge is 2.37. The fourth-order valence-corrected chi connectivity index (χ4v) is 4.19. The normalized spacial score (nSPS) is 16.2. The van der Waals surface area contributed by atoms with Crippen molar-refractivity contribution in [2.45, 2.75) is 12.8 Å². The molecule has 0 aliphatic carbocycles. The van der Waals surface area contributed by atoms with Crippen LogP contribution < -0.4 is 10.5 Å². The number of hydrogen-bond acceptors (Lipinski definition) is 6. The Morgan fingerprint density at radius 3 is 2.79 bits per heavy atom. The maximum absolute atomic E-state index is 12.1. The van der Waals surface area contributed by atoms with Crippen LogP contribution in [0.25, 0.3) is 0 Å². The first kappa shape index (κ1) is 16.4. The number of carbonyl (C=O) groups excluding carboxylic acids is 1. The van der Waals surface area contributed by atoms with E-state index in [9.17, 15) is 10.1 Å². The van der Waals surface area contributed by atoms with E-state index in [1.807, 2.05) is 18.2 Å². The monoisotopic (exact) mass is 360 g/mol. The van der Waals surface area contributed by atoms with Crippen LogP contribution in [0, 0.1) is 18.3 Å². The number of aryl methyl sites for hydroxylation is 1. The average Bonchev–Trinajstić information content (AvgIpc) is 2.89. The zero-order chi connectivity index (χ0) is 17.4. The second kappa shape index (κ2) is 6.19. The van der Waals surface area contributed by atoms with Crippen molar-refractivity contribution >= 4 is 28.9 Å². The molecule has 3 rings (SSSR count). The second-order valence-corrected chi connectivity index (χ2v) is 6.83. The van der Waals surface area contributed by atoms with Gasteiger partial charge in [-0.25, -0.2) is 4.79 Å². The summed E-state index contributed by atoms with van der Waals surface area (Å²) in [6.45, 7) is 1.80. The number of fused-ring (bicyclic) bond motifs is 1. The summed E-state index contributed by atoms with van der Waals surface area (Å²) in [5.41, 5.74) is 7.28. The second-order valence-electron chi connectivity index (χ2n) is 5.16. The van der Waals surface area contributed by atoms with Gasteiger partial charge in [0.05, 0.1) is 17.9 Å². The first-order valence-corrected chi connectivity index (χ1v) is 8.22. The summed E-state index contributed by atoms with van der Waals surface area (Å²) in [5, 5.41) is 10.1. The number of rotatable bonds is 2. The summed E-state index contributed by atoms with van der Waals surface area (Å²) in [5.74, 6) is -0.672. The van der Waals surface area contributed by atoms with E-state index in [1.54, 1.807) is 13.0 Å². The molecule has 0 spiro atoms. The number of hydrogen-bond donors (Lipinski definition) is 1. The molecule has 2 aromatic rings. The van der Waals surface area contributed by atoms with Gasteiger partial charge < -0.3 is 15.2 Å². The van der Waals surface area contributed by atoms with Crippen LogP contribution in [-0.4, -0.2) is 13.1 Å². The van der Waals surface area contributed by atoms with Crippen molar-refractivity contribution in [3.05, 3.63) is 61.6 Å². The number of nitriles is 1. The minimum atomic E-state index is -0.504. The van der Waals surface area contributed by atoms with Crippen LogP contribution in [0.3, 0.4) is 0 Å². The predicted molar refractivity (Wildman–Crippen MR) is 91.1 cm³/mol. The van der Waals surface area contributed by atoms with E-state index in [1.165, 1.54) is 18.4 Å². The number of benzene rings is 1. The van der Waals surface area contributed by atoms with Gasteiger partial charge in [0.2, 0.25) is 5.88 Å². The SMILES string of the molecule is COC(=O)c1c(C)sc2c1OC(N)=C(C#N)C2c1ccccc1Cl. The molecule has 1 aliphatic rings. The Morgan fingerprint density at radius 1 is 1.46 bits per heavy atom. The number of halogens is 1. The molecule has 122 valence electrons. The lowest BCUT2D eigenvalue weighted by Gasteiger charge is -2.24. The van der Waals surface area contributed by atoms with E-state index < -0.39 is 11.9 Å². The molecule has 7 heteroatoms. The van der Waals surface area contributed by atoms with E-state index in [2.05, 4.69) is 6.07 Å². The van der Waals surface area contributed by atoms with Crippen molar-refractivity contribution in [2.75, 3.05) is 7.11 Å². The molecule has 1 atom stereocenters. The Bertz CT molecular complexity index is 911. The summed E-state index contributed by atoms with van der Waals surface area (Å²) in [4.78, 5) is 13.5. The van der Waals surface area contributed by atoms with Crippen LogP contribution in [0.5, 0.6) is 5.75 Å². The van der Waals surface area contributed by atoms with Gasteiger partial charge in [-0.15, -0.1) is 11.3 Å².